The Kier molecular flexibility index (Phi) is 3.46. The minimum atomic E-state index is -0.842. The number of aromatic nitrogens is 5. The van der Waals surface area contributed by atoms with E-state index in [0.29, 0.717) is 17.9 Å². The van der Waals surface area contributed by atoms with Gasteiger partial charge in [0, 0.05) is 33.9 Å². The van der Waals surface area contributed by atoms with Gasteiger partial charge in [0.2, 0.25) is 5.82 Å². The summed E-state index contributed by atoms with van der Waals surface area (Å²) in [5.41, 5.74) is 3.56. The zero-order valence-electron chi connectivity index (χ0n) is 14.0. The van der Waals surface area contributed by atoms with Gasteiger partial charge in [-0.25, -0.2) is 8.78 Å². The molecule has 5 nitrogen and oxygen atoms in total. The van der Waals surface area contributed by atoms with E-state index in [-0.39, 0.29) is 0 Å². The van der Waals surface area contributed by atoms with E-state index in [9.17, 15) is 8.78 Å². The smallest absolute Gasteiger partial charge is 0.204 e. The Hall–Kier alpha value is -3.61. The third-order valence-corrected chi connectivity index (χ3v) is 4.70. The van der Waals surface area contributed by atoms with Crippen molar-refractivity contribution < 1.29 is 8.78 Å². The highest BCUT2D eigenvalue weighted by atomic mass is 19.2. The van der Waals surface area contributed by atoms with Crippen LogP contribution >= 0.6 is 0 Å². The lowest BCUT2D eigenvalue weighted by Gasteiger charge is -2.08. The van der Waals surface area contributed by atoms with E-state index in [1.54, 1.807) is 6.07 Å². The van der Waals surface area contributed by atoms with Gasteiger partial charge in [-0.05, 0) is 47.2 Å². The summed E-state index contributed by atoms with van der Waals surface area (Å²) in [7, 11) is 0. The summed E-state index contributed by atoms with van der Waals surface area (Å²) < 4.78 is 29.0. The molecule has 0 aliphatic heterocycles. The summed E-state index contributed by atoms with van der Waals surface area (Å²) in [6.45, 7) is 0.433. The molecule has 3 aromatic carbocycles. The van der Waals surface area contributed by atoms with Crippen LogP contribution in [-0.4, -0.2) is 25.2 Å². The van der Waals surface area contributed by atoms with Crippen molar-refractivity contribution in [3.05, 3.63) is 77.9 Å². The lowest BCUT2D eigenvalue weighted by Crippen LogP contribution is -2.00. The van der Waals surface area contributed by atoms with E-state index in [1.807, 2.05) is 42.5 Å². The van der Waals surface area contributed by atoms with Crippen molar-refractivity contribution in [1.82, 2.24) is 25.2 Å². The van der Waals surface area contributed by atoms with E-state index >= 15 is 0 Å². The molecule has 0 aliphatic rings. The van der Waals surface area contributed by atoms with Crippen molar-refractivity contribution in [2.24, 2.45) is 0 Å². The molecule has 2 aromatic heterocycles. The van der Waals surface area contributed by atoms with E-state index < -0.39 is 11.6 Å². The Morgan fingerprint density at radius 2 is 1.70 bits per heavy atom. The van der Waals surface area contributed by atoms with Crippen LogP contribution < -0.4 is 0 Å². The molecule has 27 heavy (non-hydrogen) atoms. The molecule has 5 aromatic rings. The highest BCUT2D eigenvalue weighted by Gasteiger charge is 2.13. The van der Waals surface area contributed by atoms with Gasteiger partial charge in [-0.1, -0.05) is 24.3 Å². The number of rotatable bonds is 3. The summed E-state index contributed by atoms with van der Waals surface area (Å²) in [5, 5.41) is 16.2. The van der Waals surface area contributed by atoms with Crippen LogP contribution in [0.1, 0.15) is 5.56 Å². The summed E-state index contributed by atoms with van der Waals surface area (Å²) in [4.78, 5) is 0. The second-order valence-corrected chi connectivity index (χ2v) is 6.32. The van der Waals surface area contributed by atoms with Crippen molar-refractivity contribution in [3.63, 3.8) is 0 Å². The fourth-order valence-electron chi connectivity index (χ4n) is 3.47. The Bertz CT molecular complexity index is 1270. The number of hydrogen-bond acceptors (Lipinski definition) is 3. The second kappa shape index (κ2) is 5.98. The first-order chi connectivity index (χ1) is 13.2. The Labute approximate surface area is 152 Å². The molecule has 5 rings (SSSR count). The first-order valence-corrected chi connectivity index (χ1v) is 8.39. The van der Waals surface area contributed by atoms with Crippen molar-refractivity contribution in [1.29, 1.82) is 0 Å². The summed E-state index contributed by atoms with van der Waals surface area (Å²) in [6, 6.07) is 17.9. The summed E-state index contributed by atoms with van der Waals surface area (Å²) in [6.07, 6.45) is 0. The first kappa shape index (κ1) is 15.6. The molecule has 7 heteroatoms. The first-order valence-electron chi connectivity index (χ1n) is 8.39. The van der Waals surface area contributed by atoms with Gasteiger partial charge in [0.1, 0.15) is 0 Å². The van der Waals surface area contributed by atoms with Gasteiger partial charge in [0.15, 0.2) is 11.6 Å². The minimum absolute atomic E-state index is 0.433. The van der Waals surface area contributed by atoms with Gasteiger partial charge >= 0.3 is 0 Å². The number of tetrazole rings is 1. The van der Waals surface area contributed by atoms with Crippen molar-refractivity contribution in [2.45, 2.75) is 6.54 Å². The second-order valence-electron chi connectivity index (χ2n) is 6.32. The molecule has 0 bridgehead atoms. The predicted molar refractivity (Wildman–Crippen MR) is 98.1 cm³/mol. The molecule has 0 radical (unpaired) electrons. The number of aromatic amines is 1. The largest absolute Gasteiger partial charge is 0.336 e. The number of nitrogens with one attached hydrogen (secondary N) is 1. The molecule has 0 spiro atoms. The fourth-order valence-corrected chi connectivity index (χ4v) is 3.47. The van der Waals surface area contributed by atoms with Gasteiger partial charge in [-0.3, -0.25) is 0 Å². The van der Waals surface area contributed by atoms with Crippen LogP contribution in [0.4, 0.5) is 8.78 Å². The number of nitrogens with zero attached hydrogens (tertiary/aromatic N) is 4. The molecule has 0 amide bonds. The molecule has 0 aliphatic carbocycles. The molecular formula is C20H13F2N5. The fraction of sp³-hybridized carbons (Fsp3) is 0.0500. The maximum Gasteiger partial charge on any atom is 0.204 e. The van der Waals surface area contributed by atoms with E-state index in [2.05, 4.69) is 25.2 Å². The van der Waals surface area contributed by atoms with Crippen LogP contribution in [0.5, 0.6) is 0 Å². The van der Waals surface area contributed by atoms with Crippen LogP contribution in [0.15, 0.2) is 60.7 Å². The quantitative estimate of drug-likeness (QED) is 0.521. The summed E-state index contributed by atoms with van der Waals surface area (Å²) in [5.74, 6) is -1.16. The average molecular weight is 361 g/mol. The van der Waals surface area contributed by atoms with Crippen LogP contribution in [0.25, 0.3) is 33.2 Å². The van der Waals surface area contributed by atoms with Crippen molar-refractivity contribution in [2.75, 3.05) is 0 Å². The topological polar surface area (TPSA) is 59.4 Å². The highest BCUT2D eigenvalue weighted by Crippen LogP contribution is 2.32. The Morgan fingerprint density at radius 1 is 0.852 bits per heavy atom. The van der Waals surface area contributed by atoms with Crippen molar-refractivity contribution >= 4 is 21.8 Å². The van der Waals surface area contributed by atoms with E-state index in [0.717, 1.165) is 33.4 Å². The standard InChI is InChI=1S/C20H13F2N5/c21-16-7-5-12(9-17(16)22)11-27-18-4-2-1-3-14(18)15-10-13(6-8-19(15)27)20-23-25-26-24-20/h1-10H,11H2,(H,23,24,25,26). The third kappa shape index (κ3) is 2.55. The number of H-pyrrole nitrogens is 1. The average Bonchev–Trinajstić information content (AvgIpc) is 3.32. The number of halogens is 2. The lowest BCUT2D eigenvalue weighted by molar-refractivity contribution is 0.506. The number of fused-ring (bicyclic) bond motifs is 3. The van der Waals surface area contributed by atoms with Gasteiger partial charge in [-0.15, -0.1) is 10.2 Å². The number of benzene rings is 3. The maximum absolute atomic E-state index is 13.6. The van der Waals surface area contributed by atoms with Gasteiger partial charge in [-0.2, -0.15) is 5.21 Å². The van der Waals surface area contributed by atoms with Gasteiger partial charge < -0.3 is 4.57 Å². The Balaban J connectivity index is 1.71. The molecule has 0 unspecified atom stereocenters. The highest BCUT2D eigenvalue weighted by molar-refractivity contribution is 6.09. The normalized spacial score (nSPS) is 11.5. The van der Waals surface area contributed by atoms with Gasteiger partial charge in [0.05, 0.1) is 0 Å². The minimum Gasteiger partial charge on any atom is -0.336 e. The zero-order chi connectivity index (χ0) is 18.4. The lowest BCUT2D eigenvalue weighted by atomic mass is 10.1. The SMILES string of the molecule is Fc1ccc(Cn2c3ccccc3c3cc(-c4nn[nH]n4)ccc32)cc1F. The summed E-state index contributed by atoms with van der Waals surface area (Å²) >= 11 is 0. The van der Waals surface area contributed by atoms with Gasteiger partial charge in [0.25, 0.3) is 0 Å². The molecular weight excluding hydrogens is 348 g/mol. The van der Waals surface area contributed by atoms with Crippen LogP contribution in [-0.2, 0) is 6.54 Å². The molecule has 0 fully saturated rings. The number of para-hydroxylation sites is 1. The molecule has 0 saturated carbocycles. The molecule has 132 valence electrons. The van der Waals surface area contributed by atoms with Crippen LogP contribution in [0.3, 0.4) is 0 Å². The monoisotopic (exact) mass is 361 g/mol. The van der Waals surface area contributed by atoms with Crippen LogP contribution in [0.2, 0.25) is 0 Å². The predicted octanol–water partition coefficient (Wildman–Crippen LogP) is 4.30. The van der Waals surface area contributed by atoms with E-state index in [1.165, 1.54) is 6.07 Å². The maximum atomic E-state index is 13.6. The van der Waals surface area contributed by atoms with Crippen LogP contribution in [0, 0.1) is 11.6 Å². The molecule has 0 saturated heterocycles. The Morgan fingerprint density at radius 3 is 2.52 bits per heavy atom. The van der Waals surface area contributed by atoms with E-state index in [4.69, 9.17) is 0 Å². The zero-order valence-corrected chi connectivity index (χ0v) is 14.0. The molecule has 0 atom stereocenters. The molecule has 2 heterocycles. The van der Waals surface area contributed by atoms with Crippen molar-refractivity contribution in [3.8, 4) is 11.4 Å². The number of hydrogen-bond donors (Lipinski definition) is 1. The third-order valence-electron chi connectivity index (χ3n) is 4.70. The molecule has 1 N–H and O–H groups in total.